The summed E-state index contributed by atoms with van der Waals surface area (Å²) < 4.78 is 11.7. The highest BCUT2D eigenvalue weighted by Gasteiger charge is 2.36. The zero-order valence-corrected chi connectivity index (χ0v) is 22.2. The summed E-state index contributed by atoms with van der Waals surface area (Å²) in [7, 11) is 1.53. The van der Waals surface area contributed by atoms with Crippen LogP contribution in [-0.2, 0) is 17.8 Å². The van der Waals surface area contributed by atoms with Gasteiger partial charge in [-0.05, 0) is 72.3 Å². The van der Waals surface area contributed by atoms with E-state index >= 15 is 0 Å². The maximum absolute atomic E-state index is 13.1. The van der Waals surface area contributed by atoms with Crippen molar-refractivity contribution in [3.63, 3.8) is 0 Å². The van der Waals surface area contributed by atoms with E-state index in [1.54, 1.807) is 60.7 Å². The molecule has 4 rings (SSSR count). The average molecular weight is 561 g/mol. The summed E-state index contributed by atoms with van der Waals surface area (Å²) >= 11 is 19.2. The molecule has 3 aromatic carbocycles. The number of hydrogen-bond acceptors (Lipinski definition) is 5. The number of ether oxygens (including phenoxy) is 2. The Kier molecular flexibility index (Phi) is 8.32. The number of carbonyl (C=O) groups excluding carboxylic acids is 2. The van der Waals surface area contributed by atoms with Gasteiger partial charge in [-0.2, -0.15) is 0 Å². The Balaban J connectivity index is 1.65. The summed E-state index contributed by atoms with van der Waals surface area (Å²) in [5.74, 6) is 0.585. The number of thioether (sulfide) groups is 1. The molecule has 1 heterocycles. The molecular weight excluding hydrogens is 541 g/mol. The number of amides is 2. The Hall–Kier alpha value is -2.90. The van der Waals surface area contributed by atoms with Crippen molar-refractivity contribution >= 4 is 69.5 Å². The van der Waals surface area contributed by atoms with E-state index in [0.717, 1.165) is 27.8 Å². The van der Waals surface area contributed by atoms with Crippen LogP contribution in [0.2, 0.25) is 15.1 Å². The van der Waals surface area contributed by atoms with Gasteiger partial charge in [0.2, 0.25) is 0 Å². The van der Waals surface area contributed by atoms with Gasteiger partial charge in [-0.1, -0.05) is 53.0 Å². The molecule has 36 heavy (non-hydrogen) atoms. The van der Waals surface area contributed by atoms with Gasteiger partial charge < -0.3 is 9.47 Å². The SMILES string of the molecule is C=CCc1cc(/C=C2/SC(=O)N(c3cccc(Cl)c3)C2=O)cc(OC)c1OCc1ccc(Cl)cc1Cl. The van der Waals surface area contributed by atoms with Gasteiger partial charge in [-0.25, -0.2) is 4.90 Å². The van der Waals surface area contributed by atoms with Crippen LogP contribution in [-0.4, -0.2) is 18.3 Å². The van der Waals surface area contributed by atoms with E-state index in [0.29, 0.717) is 44.2 Å². The molecule has 0 aromatic heterocycles. The van der Waals surface area contributed by atoms with Gasteiger partial charge in [0.25, 0.3) is 11.1 Å². The Morgan fingerprint density at radius 1 is 1.00 bits per heavy atom. The fourth-order valence-electron chi connectivity index (χ4n) is 3.64. The highest BCUT2D eigenvalue weighted by Crippen LogP contribution is 2.39. The normalized spacial score (nSPS) is 14.4. The molecule has 1 saturated heterocycles. The number of nitrogens with zero attached hydrogens (tertiary/aromatic N) is 1. The number of halogens is 3. The molecule has 0 radical (unpaired) electrons. The Morgan fingerprint density at radius 2 is 1.78 bits per heavy atom. The first-order valence-corrected chi connectivity index (χ1v) is 12.7. The monoisotopic (exact) mass is 559 g/mol. The Bertz CT molecular complexity index is 1390. The van der Waals surface area contributed by atoms with E-state index in [1.165, 1.54) is 7.11 Å². The van der Waals surface area contributed by atoms with Crippen LogP contribution in [0.3, 0.4) is 0 Å². The van der Waals surface area contributed by atoms with Crippen LogP contribution in [0.15, 0.2) is 72.2 Å². The predicted molar refractivity (Wildman–Crippen MR) is 148 cm³/mol. The van der Waals surface area contributed by atoms with E-state index in [1.807, 2.05) is 6.07 Å². The average Bonchev–Trinajstić information content (AvgIpc) is 3.11. The number of hydrogen-bond donors (Lipinski definition) is 0. The smallest absolute Gasteiger partial charge is 0.298 e. The van der Waals surface area contributed by atoms with Gasteiger partial charge in [0.05, 0.1) is 17.7 Å². The summed E-state index contributed by atoms with van der Waals surface area (Å²) in [5, 5.41) is 1.08. The number of carbonyl (C=O) groups is 2. The summed E-state index contributed by atoms with van der Waals surface area (Å²) in [4.78, 5) is 27.1. The van der Waals surface area contributed by atoms with Gasteiger partial charge in [-0.15, -0.1) is 6.58 Å². The van der Waals surface area contributed by atoms with Crippen molar-refractivity contribution in [1.82, 2.24) is 0 Å². The first kappa shape index (κ1) is 26.2. The molecule has 0 aliphatic carbocycles. The Labute approximate surface area is 228 Å². The van der Waals surface area contributed by atoms with Crippen LogP contribution in [0.25, 0.3) is 6.08 Å². The first-order valence-electron chi connectivity index (χ1n) is 10.7. The highest BCUT2D eigenvalue weighted by atomic mass is 35.5. The third-order valence-corrected chi connectivity index (χ3v) is 6.97. The quantitative estimate of drug-likeness (QED) is 0.205. The van der Waals surface area contributed by atoms with Crippen LogP contribution in [0.1, 0.15) is 16.7 Å². The third kappa shape index (κ3) is 5.73. The maximum atomic E-state index is 13.1. The third-order valence-electron chi connectivity index (χ3n) is 5.28. The predicted octanol–water partition coefficient (Wildman–Crippen LogP) is 8.20. The van der Waals surface area contributed by atoms with Crippen LogP contribution < -0.4 is 14.4 Å². The molecule has 9 heteroatoms. The molecule has 0 saturated carbocycles. The number of anilines is 1. The molecule has 1 aliphatic heterocycles. The summed E-state index contributed by atoms with van der Waals surface area (Å²) in [5.41, 5.74) is 2.67. The summed E-state index contributed by atoms with van der Waals surface area (Å²) in [6.45, 7) is 4.04. The zero-order chi connectivity index (χ0) is 25.8. The van der Waals surface area contributed by atoms with Crippen LogP contribution in [0, 0.1) is 0 Å². The minimum absolute atomic E-state index is 0.203. The minimum atomic E-state index is -0.422. The lowest BCUT2D eigenvalue weighted by Gasteiger charge is -2.16. The second-order valence-corrected chi connectivity index (χ2v) is 10.00. The standard InChI is InChI=1S/C27H20Cl3NO4S/c1-3-5-17-10-16(11-23(34-2)25(17)35-15-18-8-9-20(29)14-22(18)30)12-24-26(32)31(27(33)36-24)21-7-4-6-19(28)13-21/h3-4,6-14H,1,5,15H2,2H3/b24-12+. The highest BCUT2D eigenvalue weighted by molar-refractivity contribution is 8.19. The minimum Gasteiger partial charge on any atom is -0.493 e. The van der Waals surface area contributed by atoms with E-state index < -0.39 is 11.1 Å². The number of allylic oxidation sites excluding steroid dienone is 1. The lowest BCUT2D eigenvalue weighted by Crippen LogP contribution is -2.27. The molecule has 5 nitrogen and oxygen atoms in total. The first-order chi connectivity index (χ1) is 17.3. The van der Waals surface area contributed by atoms with E-state index in [2.05, 4.69) is 6.58 Å². The largest absolute Gasteiger partial charge is 0.493 e. The fraction of sp³-hybridized carbons (Fsp3) is 0.111. The fourth-order valence-corrected chi connectivity index (χ4v) is 5.12. The number of rotatable bonds is 8. The van der Waals surface area contributed by atoms with Crippen LogP contribution >= 0.6 is 46.6 Å². The van der Waals surface area contributed by atoms with Gasteiger partial charge in [0.1, 0.15) is 6.61 Å². The lowest BCUT2D eigenvalue weighted by molar-refractivity contribution is -0.113. The summed E-state index contributed by atoms with van der Waals surface area (Å²) in [6.07, 6.45) is 3.89. The van der Waals surface area contributed by atoms with Crippen LogP contribution in [0.5, 0.6) is 11.5 Å². The molecule has 0 bridgehead atoms. The van der Waals surface area contributed by atoms with Crippen molar-refractivity contribution < 1.29 is 19.1 Å². The van der Waals surface area contributed by atoms with Gasteiger partial charge in [0, 0.05) is 26.2 Å². The van der Waals surface area contributed by atoms with Gasteiger partial charge in [0.15, 0.2) is 11.5 Å². The summed E-state index contributed by atoms with van der Waals surface area (Å²) in [6, 6.07) is 15.4. The molecule has 0 unspecified atom stereocenters. The molecule has 0 N–H and O–H groups in total. The lowest BCUT2D eigenvalue weighted by atomic mass is 10.0. The molecule has 1 aliphatic rings. The number of methoxy groups -OCH3 is 1. The maximum Gasteiger partial charge on any atom is 0.298 e. The number of benzene rings is 3. The second-order valence-electron chi connectivity index (χ2n) is 7.73. The Morgan fingerprint density at radius 3 is 2.47 bits per heavy atom. The topological polar surface area (TPSA) is 55.8 Å². The van der Waals surface area contributed by atoms with Crippen molar-refractivity contribution in [1.29, 1.82) is 0 Å². The molecule has 184 valence electrons. The van der Waals surface area contributed by atoms with Gasteiger partial charge >= 0.3 is 0 Å². The zero-order valence-electron chi connectivity index (χ0n) is 19.1. The molecule has 0 atom stereocenters. The van der Waals surface area contributed by atoms with Crippen molar-refractivity contribution in [3.05, 3.63) is 104 Å². The molecule has 1 fully saturated rings. The molecule has 3 aromatic rings. The molecule has 0 spiro atoms. The van der Waals surface area contributed by atoms with Gasteiger partial charge in [-0.3, -0.25) is 9.59 Å². The van der Waals surface area contributed by atoms with E-state index in [4.69, 9.17) is 44.3 Å². The molecular formula is C27H20Cl3NO4S. The van der Waals surface area contributed by atoms with E-state index in [-0.39, 0.29) is 11.5 Å². The van der Waals surface area contributed by atoms with Crippen molar-refractivity contribution in [3.8, 4) is 11.5 Å². The van der Waals surface area contributed by atoms with Crippen molar-refractivity contribution in [2.75, 3.05) is 12.0 Å². The second kappa shape index (κ2) is 11.4. The van der Waals surface area contributed by atoms with Crippen LogP contribution in [0.4, 0.5) is 10.5 Å². The van der Waals surface area contributed by atoms with Crippen molar-refractivity contribution in [2.45, 2.75) is 13.0 Å². The van der Waals surface area contributed by atoms with Crippen molar-refractivity contribution in [2.24, 2.45) is 0 Å². The molecule has 2 amide bonds. The number of imide groups is 1. The van der Waals surface area contributed by atoms with E-state index in [9.17, 15) is 9.59 Å².